The first-order valence-corrected chi connectivity index (χ1v) is 8.95. The summed E-state index contributed by atoms with van der Waals surface area (Å²) in [7, 11) is 0. The topological polar surface area (TPSA) is 45.9 Å². The van der Waals surface area contributed by atoms with Gasteiger partial charge in [-0.05, 0) is 37.6 Å². The number of benzene rings is 2. The number of allylic oxidation sites excluding steroid dienone is 1. The van der Waals surface area contributed by atoms with Crippen molar-refractivity contribution in [3.63, 3.8) is 0 Å². The summed E-state index contributed by atoms with van der Waals surface area (Å²) in [6, 6.07) is 18.2. The average Bonchev–Trinajstić information content (AvgIpc) is 3.12. The van der Waals surface area contributed by atoms with Gasteiger partial charge in [0.2, 0.25) is 0 Å². The Morgan fingerprint density at radius 1 is 1.16 bits per heavy atom. The Labute approximate surface area is 151 Å². The van der Waals surface area contributed by atoms with Crippen LogP contribution < -0.4 is 4.74 Å². The highest BCUT2D eigenvalue weighted by Crippen LogP contribution is 2.27. The standard InChI is InChI=1S/C21H18N2OS/c1-3-24-19-10-6-16(7-11-19)12-18(13-22)21-23-20(14-25-21)17-8-4-15(2)5-9-17/h4-12,14H,3H2,1-2H3/b18-12-. The second kappa shape index (κ2) is 7.78. The van der Waals surface area contributed by atoms with E-state index in [1.165, 1.54) is 16.9 Å². The van der Waals surface area contributed by atoms with E-state index in [4.69, 9.17) is 4.74 Å². The zero-order chi connectivity index (χ0) is 17.6. The van der Waals surface area contributed by atoms with E-state index in [0.717, 1.165) is 27.6 Å². The van der Waals surface area contributed by atoms with Gasteiger partial charge in [-0.25, -0.2) is 4.98 Å². The number of thiazole rings is 1. The summed E-state index contributed by atoms with van der Waals surface area (Å²) < 4.78 is 5.44. The van der Waals surface area contributed by atoms with Gasteiger partial charge in [0.25, 0.3) is 0 Å². The molecule has 0 saturated carbocycles. The van der Waals surface area contributed by atoms with Gasteiger partial charge in [0.1, 0.15) is 16.8 Å². The zero-order valence-corrected chi connectivity index (χ0v) is 15.0. The first kappa shape index (κ1) is 16.9. The molecule has 0 radical (unpaired) electrons. The van der Waals surface area contributed by atoms with Gasteiger partial charge in [0.05, 0.1) is 17.9 Å². The zero-order valence-electron chi connectivity index (χ0n) is 14.2. The summed E-state index contributed by atoms with van der Waals surface area (Å²) in [4.78, 5) is 4.63. The number of hydrogen-bond donors (Lipinski definition) is 0. The third kappa shape index (κ3) is 4.14. The van der Waals surface area contributed by atoms with Gasteiger partial charge >= 0.3 is 0 Å². The quantitative estimate of drug-likeness (QED) is 0.566. The van der Waals surface area contributed by atoms with Crippen molar-refractivity contribution in [2.45, 2.75) is 13.8 Å². The van der Waals surface area contributed by atoms with Crippen molar-refractivity contribution in [1.29, 1.82) is 5.26 Å². The van der Waals surface area contributed by atoms with Crippen LogP contribution in [0.5, 0.6) is 5.75 Å². The van der Waals surface area contributed by atoms with Gasteiger partial charge in [-0.3, -0.25) is 0 Å². The molecule has 4 heteroatoms. The fraction of sp³-hybridized carbons (Fsp3) is 0.143. The van der Waals surface area contributed by atoms with Crippen molar-refractivity contribution in [1.82, 2.24) is 4.98 Å². The summed E-state index contributed by atoms with van der Waals surface area (Å²) >= 11 is 1.49. The molecule has 0 bridgehead atoms. The van der Waals surface area contributed by atoms with E-state index in [0.29, 0.717) is 12.2 Å². The highest BCUT2D eigenvalue weighted by Gasteiger charge is 2.09. The van der Waals surface area contributed by atoms with Crippen LogP contribution in [0.4, 0.5) is 0 Å². The second-order valence-corrected chi connectivity index (χ2v) is 6.43. The maximum Gasteiger partial charge on any atom is 0.134 e. The molecule has 0 N–H and O–H groups in total. The Hall–Kier alpha value is -2.90. The molecule has 0 fully saturated rings. The Kier molecular flexibility index (Phi) is 5.27. The molecule has 3 rings (SSSR count). The number of rotatable bonds is 5. The number of hydrogen-bond acceptors (Lipinski definition) is 4. The molecule has 0 aliphatic heterocycles. The molecule has 124 valence electrons. The van der Waals surface area contributed by atoms with E-state index in [2.05, 4.69) is 42.2 Å². The van der Waals surface area contributed by atoms with Crippen LogP contribution in [0.1, 0.15) is 23.1 Å². The molecule has 0 atom stereocenters. The highest BCUT2D eigenvalue weighted by molar-refractivity contribution is 7.11. The lowest BCUT2D eigenvalue weighted by Crippen LogP contribution is -1.90. The molecule has 3 nitrogen and oxygen atoms in total. The smallest absolute Gasteiger partial charge is 0.134 e. The van der Waals surface area contributed by atoms with E-state index in [1.54, 1.807) is 0 Å². The van der Waals surface area contributed by atoms with Crippen LogP contribution >= 0.6 is 11.3 Å². The Morgan fingerprint density at radius 3 is 2.52 bits per heavy atom. The van der Waals surface area contributed by atoms with Gasteiger partial charge in [0, 0.05) is 10.9 Å². The van der Waals surface area contributed by atoms with Crippen molar-refractivity contribution in [2.75, 3.05) is 6.61 Å². The minimum Gasteiger partial charge on any atom is -0.494 e. The molecule has 1 heterocycles. The maximum absolute atomic E-state index is 9.52. The largest absolute Gasteiger partial charge is 0.494 e. The second-order valence-electron chi connectivity index (χ2n) is 5.58. The lowest BCUT2D eigenvalue weighted by Gasteiger charge is -2.02. The van der Waals surface area contributed by atoms with E-state index >= 15 is 0 Å². The highest BCUT2D eigenvalue weighted by atomic mass is 32.1. The van der Waals surface area contributed by atoms with Crippen LogP contribution in [-0.4, -0.2) is 11.6 Å². The monoisotopic (exact) mass is 346 g/mol. The van der Waals surface area contributed by atoms with E-state index in [-0.39, 0.29) is 0 Å². The van der Waals surface area contributed by atoms with Crippen LogP contribution in [0.25, 0.3) is 22.9 Å². The van der Waals surface area contributed by atoms with Crippen molar-refractivity contribution in [3.8, 4) is 23.1 Å². The van der Waals surface area contributed by atoms with Gasteiger partial charge in [-0.2, -0.15) is 5.26 Å². The number of aromatic nitrogens is 1. The number of aryl methyl sites for hydroxylation is 1. The predicted octanol–water partition coefficient (Wildman–Crippen LogP) is 5.58. The third-order valence-corrected chi connectivity index (χ3v) is 4.58. The third-order valence-electron chi connectivity index (χ3n) is 3.70. The van der Waals surface area contributed by atoms with Crippen LogP contribution in [-0.2, 0) is 0 Å². The van der Waals surface area contributed by atoms with Gasteiger partial charge in [0.15, 0.2) is 0 Å². The fourth-order valence-corrected chi connectivity index (χ4v) is 3.18. The molecule has 1 aromatic heterocycles. The summed E-state index contributed by atoms with van der Waals surface area (Å²) in [6.45, 7) is 4.65. The first-order valence-electron chi connectivity index (χ1n) is 8.07. The molecular formula is C21H18N2OS. The maximum atomic E-state index is 9.52. The van der Waals surface area contributed by atoms with E-state index in [1.807, 2.05) is 42.6 Å². The van der Waals surface area contributed by atoms with Crippen LogP contribution in [0.2, 0.25) is 0 Å². The van der Waals surface area contributed by atoms with Gasteiger partial charge in [-0.1, -0.05) is 42.0 Å². The summed E-state index contributed by atoms with van der Waals surface area (Å²) in [5.74, 6) is 0.828. The molecule has 0 aliphatic carbocycles. The molecule has 2 aromatic carbocycles. The summed E-state index contributed by atoms with van der Waals surface area (Å²) in [5, 5.41) is 12.2. The number of nitrogens with zero attached hydrogens (tertiary/aromatic N) is 2. The van der Waals surface area contributed by atoms with Crippen LogP contribution in [0.15, 0.2) is 53.9 Å². The molecule has 3 aromatic rings. The Balaban J connectivity index is 1.86. The molecule has 25 heavy (non-hydrogen) atoms. The van der Waals surface area contributed by atoms with Gasteiger partial charge in [-0.15, -0.1) is 11.3 Å². The predicted molar refractivity (Wildman–Crippen MR) is 103 cm³/mol. The molecule has 0 amide bonds. The van der Waals surface area contributed by atoms with E-state index in [9.17, 15) is 5.26 Å². The minimum atomic E-state index is 0.563. The lowest BCUT2D eigenvalue weighted by atomic mass is 10.1. The molecule has 0 unspecified atom stereocenters. The average molecular weight is 346 g/mol. The normalized spacial score (nSPS) is 11.2. The molecule has 0 saturated heterocycles. The number of nitriles is 1. The number of ether oxygens (including phenoxy) is 1. The first-order chi connectivity index (χ1) is 12.2. The van der Waals surface area contributed by atoms with Crippen LogP contribution in [0.3, 0.4) is 0 Å². The molecule has 0 aliphatic rings. The minimum absolute atomic E-state index is 0.563. The Bertz CT molecular complexity index is 916. The lowest BCUT2D eigenvalue weighted by molar-refractivity contribution is 0.340. The van der Waals surface area contributed by atoms with Crippen LogP contribution in [0, 0.1) is 18.3 Å². The van der Waals surface area contributed by atoms with Crippen molar-refractivity contribution < 1.29 is 4.74 Å². The molecule has 0 spiro atoms. The summed E-state index contributed by atoms with van der Waals surface area (Å²) in [5.41, 5.74) is 4.69. The van der Waals surface area contributed by atoms with Crippen molar-refractivity contribution in [3.05, 3.63) is 70.0 Å². The van der Waals surface area contributed by atoms with Crippen molar-refractivity contribution >= 4 is 23.0 Å². The summed E-state index contributed by atoms with van der Waals surface area (Å²) in [6.07, 6.45) is 1.85. The van der Waals surface area contributed by atoms with E-state index < -0.39 is 0 Å². The van der Waals surface area contributed by atoms with Crippen molar-refractivity contribution in [2.24, 2.45) is 0 Å². The molecular weight excluding hydrogens is 328 g/mol. The Morgan fingerprint density at radius 2 is 1.88 bits per heavy atom. The van der Waals surface area contributed by atoms with Gasteiger partial charge < -0.3 is 4.74 Å². The fourth-order valence-electron chi connectivity index (χ4n) is 2.39. The SMILES string of the molecule is CCOc1ccc(/C=C(/C#N)c2nc(-c3ccc(C)cc3)cs2)cc1.